The Morgan fingerprint density at radius 1 is 1.07 bits per heavy atom. The number of hydrogen-bond acceptors (Lipinski definition) is 5. The van der Waals surface area contributed by atoms with Crippen LogP contribution in [0.4, 0.5) is 11.4 Å². The number of amides is 1. The minimum Gasteiger partial charge on any atom is -0.292 e. The molecule has 5 rings (SSSR count). The Kier molecular flexibility index (Phi) is 3.24. The van der Waals surface area contributed by atoms with Gasteiger partial charge in [-0.05, 0) is 25.1 Å². The fraction of sp³-hybridized carbons (Fsp3) is 0.0952. The van der Waals surface area contributed by atoms with E-state index in [2.05, 4.69) is 4.98 Å². The second kappa shape index (κ2) is 5.56. The largest absolute Gasteiger partial charge is 0.292 e. The number of carbonyl (C=O) groups excluding carboxylic acids is 2. The van der Waals surface area contributed by atoms with Crippen molar-refractivity contribution in [3.8, 4) is 0 Å². The number of benzene rings is 2. The predicted molar refractivity (Wildman–Crippen MR) is 103 cm³/mol. The zero-order chi connectivity index (χ0) is 19.6. The fourth-order valence-electron chi connectivity index (χ4n) is 3.80. The average Bonchev–Trinajstić information content (AvgIpc) is 2.98. The molecule has 1 aromatic heterocycles. The normalized spacial score (nSPS) is 15.0. The molecule has 1 amide bonds. The highest BCUT2D eigenvalue weighted by atomic mass is 16.6. The zero-order valence-corrected chi connectivity index (χ0v) is 14.8. The molecule has 136 valence electrons. The Morgan fingerprint density at radius 2 is 1.82 bits per heavy atom. The molecule has 0 fully saturated rings. The highest BCUT2D eigenvalue weighted by Crippen LogP contribution is 2.44. The van der Waals surface area contributed by atoms with Crippen molar-refractivity contribution < 1.29 is 14.5 Å². The number of allylic oxidation sites excluding steroid dienone is 1. The first-order valence-corrected chi connectivity index (χ1v) is 8.72. The van der Waals surface area contributed by atoms with E-state index in [9.17, 15) is 19.7 Å². The number of non-ortho nitro benzene ring substituents is 1. The van der Waals surface area contributed by atoms with Gasteiger partial charge in [0.15, 0.2) is 5.78 Å². The van der Waals surface area contributed by atoms with Crippen LogP contribution in [-0.2, 0) is 0 Å². The summed E-state index contributed by atoms with van der Waals surface area (Å²) in [6, 6.07) is 11.7. The molecule has 0 atom stereocenters. The van der Waals surface area contributed by atoms with Gasteiger partial charge in [-0.25, -0.2) is 4.98 Å². The molecule has 0 spiro atoms. The Balaban J connectivity index is 1.83. The van der Waals surface area contributed by atoms with Crippen molar-refractivity contribution in [2.75, 3.05) is 4.90 Å². The molecule has 0 N–H and O–H groups in total. The Bertz CT molecular complexity index is 1260. The lowest BCUT2D eigenvalue weighted by Gasteiger charge is -2.21. The van der Waals surface area contributed by atoms with Crippen molar-refractivity contribution in [1.82, 2.24) is 4.98 Å². The molecule has 3 aromatic rings. The molecule has 0 saturated carbocycles. The number of hydrogen-bond donors (Lipinski definition) is 0. The van der Waals surface area contributed by atoms with Crippen LogP contribution in [0.3, 0.4) is 0 Å². The maximum atomic E-state index is 13.4. The van der Waals surface area contributed by atoms with Crippen LogP contribution in [0.15, 0.2) is 48.5 Å². The lowest BCUT2D eigenvalue weighted by Crippen LogP contribution is -2.23. The van der Waals surface area contributed by atoms with Crippen LogP contribution in [0.25, 0.3) is 16.6 Å². The second-order valence-electron chi connectivity index (χ2n) is 6.86. The van der Waals surface area contributed by atoms with E-state index in [1.165, 1.54) is 18.2 Å². The molecule has 2 aliphatic rings. The second-order valence-corrected chi connectivity index (χ2v) is 6.86. The molecule has 1 aliphatic carbocycles. The molecule has 28 heavy (non-hydrogen) atoms. The van der Waals surface area contributed by atoms with E-state index in [1.807, 2.05) is 31.2 Å². The number of nitrogens with zero attached hydrogens (tertiary/aromatic N) is 3. The van der Waals surface area contributed by atoms with Gasteiger partial charge in [0.1, 0.15) is 5.69 Å². The summed E-state index contributed by atoms with van der Waals surface area (Å²) >= 11 is 0. The third-order valence-electron chi connectivity index (χ3n) is 5.13. The van der Waals surface area contributed by atoms with Gasteiger partial charge in [-0.1, -0.05) is 23.8 Å². The molecule has 0 unspecified atom stereocenters. The van der Waals surface area contributed by atoms with E-state index in [4.69, 9.17) is 0 Å². The average molecular weight is 371 g/mol. The summed E-state index contributed by atoms with van der Waals surface area (Å²) in [6.45, 7) is 1.96. The number of nitro benzene ring substituents is 1. The van der Waals surface area contributed by atoms with Gasteiger partial charge in [0, 0.05) is 35.2 Å². The van der Waals surface area contributed by atoms with Gasteiger partial charge in [0.05, 0.1) is 21.7 Å². The van der Waals surface area contributed by atoms with Gasteiger partial charge in [-0.3, -0.25) is 24.6 Å². The Labute approximate surface area is 159 Å². The van der Waals surface area contributed by atoms with Crippen LogP contribution >= 0.6 is 0 Å². The van der Waals surface area contributed by atoms with Crippen molar-refractivity contribution in [3.05, 3.63) is 81.0 Å². The van der Waals surface area contributed by atoms with Gasteiger partial charge in [0.2, 0.25) is 0 Å². The quantitative estimate of drug-likeness (QED) is 0.501. The maximum Gasteiger partial charge on any atom is 0.270 e. The fourth-order valence-corrected chi connectivity index (χ4v) is 3.80. The van der Waals surface area contributed by atoms with E-state index in [-0.39, 0.29) is 29.5 Å². The maximum absolute atomic E-state index is 13.4. The van der Waals surface area contributed by atoms with E-state index >= 15 is 0 Å². The van der Waals surface area contributed by atoms with Crippen LogP contribution in [0.2, 0.25) is 0 Å². The minimum atomic E-state index is -0.509. The highest BCUT2D eigenvalue weighted by Gasteiger charge is 2.41. The predicted octanol–water partition coefficient (Wildman–Crippen LogP) is 4.04. The van der Waals surface area contributed by atoms with E-state index < -0.39 is 4.92 Å². The first-order valence-electron chi connectivity index (χ1n) is 8.72. The highest BCUT2D eigenvalue weighted by molar-refractivity contribution is 6.30. The Morgan fingerprint density at radius 3 is 2.54 bits per heavy atom. The van der Waals surface area contributed by atoms with E-state index in [0.717, 1.165) is 5.56 Å². The molecule has 7 nitrogen and oxygen atoms in total. The van der Waals surface area contributed by atoms with Crippen molar-refractivity contribution in [2.45, 2.75) is 13.3 Å². The van der Waals surface area contributed by atoms with Crippen LogP contribution in [-0.4, -0.2) is 21.6 Å². The number of ketones is 1. The molecule has 1 aliphatic heterocycles. The summed E-state index contributed by atoms with van der Waals surface area (Å²) in [5, 5.41) is 11.6. The number of aromatic nitrogens is 1. The van der Waals surface area contributed by atoms with Gasteiger partial charge in [0.25, 0.3) is 11.6 Å². The van der Waals surface area contributed by atoms with Gasteiger partial charge in [-0.2, -0.15) is 0 Å². The van der Waals surface area contributed by atoms with E-state index in [1.54, 1.807) is 11.0 Å². The van der Waals surface area contributed by atoms with Crippen molar-refractivity contribution in [3.63, 3.8) is 0 Å². The number of anilines is 1. The molecule has 0 radical (unpaired) electrons. The minimum absolute atomic E-state index is 0.125. The molecule has 7 heteroatoms. The first kappa shape index (κ1) is 16.3. The van der Waals surface area contributed by atoms with Crippen LogP contribution < -0.4 is 4.90 Å². The molecular weight excluding hydrogens is 358 g/mol. The summed E-state index contributed by atoms with van der Waals surface area (Å²) in [5.41, 5.74) is 3.63. The number of aryl methyl sites for hydroxylation is 1. The van der Waals surface area contributed by atoms with Crippen LogP contribution in [0.5, 0.6) is 0 Å². The third kappa shape index (κ3) is 2.13. The van der Waals surface area contributed by atoms with Gasteiger partial charge in [-0.15, -0.1) is 0 Å². The van der Waals surface area contributed by atoms with Crippen LogP contribution in [0, 0.1) is 17.0 Å². The van der Waals surface area contributed by atoms with Crippen molar-refractivity contribution in [1.29, 1.82) is 0 Å². The SMILES string of the molecule is Cc1ccc(N2C(=O)c3c4c(nc5ccc([N+](=O)[O-])cc35)C(=O)CC=C42)cc1. The summed E-state index contributed by atoms with van der Waals surface area (Å²) in [6.07, 6.45) is 1.88. The topological polar surface area (TPSA) is 93.4 Å². The molecular formula is C21H13N3O4. The van der Waals surface area contributed by atoms with Gasteiger partial charge >= 0.3 is 0 Å². The third-order valence-corrected chi connectivity index (χ3v) is 5.13. The standard InChI is InChI=1S/C21H13N3O4/c1-11-2-4-12(5-3-11)23-16-8-9-17(25)20-19(16)18(21(23)26)14-10-13(24(27)28)6-7-15(14)22-20/h2-8,10H,9H2,1H3. The number of pyridine rings is 1. The smallest absolute Gasteiger partial charge is 0.270 e. The van der Waals surface area contributed by atoms with Crippen LogP contribution in [0.1, 0.15) is 38.4 Å². The number of fused-ring (bicyclic) bond motifs is 2. The Hall–Kier alpha value is -3.87. The summed E-state index contributed by atoms with van der Waals surface area (Å²) < 4.78 is 0. The summed E-state index contributed by atoms with van der Waals surface area (Å²) in [5.74, 6) is -0.479. The lowest BCUT2D eigenvalue weighted by atomic mass is 9.94. The lowest BCUT2D eigenvalue weighted by molar-refractivity contribution is -0.384. The number of Topliss-reactive ketones (excluding diaryl/α,β-unsaturated/α-hetero) is 1. The number of nitro groups is 1. The molecule has 2 aromatic carbocycles. The summed E-state index contributed by atoms with van der Waals surface area (Å²) in [7, 11) is 0. The molecule has 0 bridgehead atoms. The summed E-state index contributed by atoms with van der Waals surface area (Å²) in [4.78, 5) is 42.6. The zero-order valence-electron chi connectivity index (χ0n) is 14.8. The number of carbonyl (C=O) groups is 2. The van der Waals surface area contributed by atoms with Crippen molar-refractivity contribution in [2.24, 2.45) is 0 Å². The number of rotatable bonds is 2. The monoisotopic (exact) mass is 371 g/mol. The first-order chi connectivity index (χ1) is 13.5. The molecule has 0 saturated heterocycles. The van der Waals surface area contributed by atoms with Crippen molar-refractivity contribution >= 4 is 39.7 Å². The van der Waals surface area contributed by atoms with Gasteiger partial charge < -0.3 is 0 Å². The molecule has 2 heterocycles. The van der Waals surface area contributed by atoms with E-state index in [0.29, 0.717) is 33.4 Å².